The van der Waals surface area contributed by atoms with Gasteiger partial charge >= 0.3 is 5.97 Å². The van der Waals surface area contributed by atoms with Crippen LogP contribution in [0.25, 0.3) is 11.1 Å². The summed E-state index contributed by atoms with van der Waals surface area (Å²) < 4.78 is 6.14. The third kappa shape index (κ3) is 6.03. The van der Waals surface area contributed by atoms with Crippen molar-refractivity contribution in [2.75, 3.05) is 13.1 Å². The molecule has 1 aromatic carbocycles. The molecule has 3 rings (SSSR count). The summed E-state index contributed by atoms with van der Waals surface area (Å²) in [4.78, 5) is 17.4. The minimum Gasteiger partial charge on any atom is -0.481 e. The summed E-state index contributed by atoms with van der Waals surface area (Å²) in [6, 6.07) is 11.8. The van der Waals surface area contributed by atoms with Crippen molar-refractivity contribution >= 4 is 17.6 Å². The molecule has 1 aromatic heterocycles. The lowest BCUT2D eigenvalue weighted by molar-refractivity contribution is -0.137. The molecule has 1 N–H and O–H groups in total. The number of aliphatic carboxylic acids is 1. The van der Waals surface area contributed by atoms with Crippen molar-refractivity contribution in [1.82, 2.24) is 9.88 Å². The fraction of sp³-hybridized carbons (Fsp3) is 0.429. The Kier molecular flexibility index (Phi) is 7.21. The van der Waals surface area contributed by atoms with Crippen LogP contribution in [0.15, 0.2) is 42.6 Å². The van der Waals surface area contributed by atoms with Gasteiger partial charge in [-0.1, -0.05) is 23.7 Å². The topological polar surface area (TPSA) is 62.7 Å². The summed E-state index contributed by atoms with van der Waals surface area (Å²) in [6.07, 6.45) is 5.94. The van der Waals surface area contributed by atoms with E-state index >= 15 is 0 Å². The van der Waals surface area contributed by atoms with Gasteiger partial charge in [0.2, 0.25) is 0 Å². The average molecular weight is 389 g/mol. The number of hydrogen-bond acceptors (Lipinski definition) is 4. The van der Waals surface area contributed by atoms with Gasteiger partial charge in [-0.3, -0.25) is 14.7 Å². The second-order valence-electron chi connectivity index (χ2n) is 6.84. The minimum atomic E-state index is -0.743. The van der Waals surface area contributed by atoms with Gasteiger partial charge in [0.25, 0.3) is 0 Å². The Morgan fingerprint density at radius 1 is 1.22 bits per heavy atom. The second-order valence-corrected chi connectivity index (χ2v) is 7.27. The molecule has 6 heteroatoms. The van der Waals surface area contributed by atoms with Crippen LogP contribution in [0.3, 0.4) is 0 Å². The average Bonchev–Trinajstić information content (AvgIpc) is 2.68. The summed E-state index contributed by atoms with van der Waals surface area (Å²) in [5.41, 5.74) is 3.07. The SMILES string of the molecule is O=C(O)CCCN1CCCC[C@@H]1OCc1cc(-c2ccc(Cl)cc2)ccn1. The third-order valence-corrected chi connectivity index (χ3v) is 5.06. The Bertz CT molecular complexity index is 751. The van der Waals surface area contributed by atoms with Gasteiger partial charge in [-0.15, -0.1) is 0 Å². The number of piperidine rings is 1. The van der Waals surface area contributed by atoms with Crippen LogP contribution in [0.2, 0.25) is 5.02 Å². The number of carboxylic acids is 1. The first-order valence-electron chi connectivity index (χ1n) is 9.40. The zero-order valence-electron chi connectivity index (χ0n) is 15.3. The first kappa shape index (κ1) is 19.8. The molecule has 2 aromatic rings. The van der Waals surface area contributed by atoms with Crippen LogP contribution in [-0.2, 0) is 16.1 Å². The zero-order valence-corrected chi connectivity index (χ0v) is 16.1. The van der Waals surface area contributed by atoms with Gasteiger partial charge in [-0.25, -0.2) is 0 Å². The molecule has 0 radical (unpaired) electrons. The highest BCUT2D eigenvalue weighted by atomic mass is 35.5. The van der Waals surface area contributed by atoms with Crippen molar-refractivity contribution in [3.05, 3.63) is 53.3 Å². The predicted molar refractivity (Wildman–Crippen MR) is 106 cm³/mol. The highest BCUT2D eigenvalue weighted by Crippen LogP contribution is 2.23. The Hall–Kier alpha value is -1.95. The molecule has 0 amide bonds. The van der Waals surface area contributed by atoms with Gasteiger partial charge in [0.1, 0.15) is 6.23 Å². The first-order valence-corrected chi connectivity index (χ1v) is 9.78. The van der Waals surface area contributed by atoms with Gasteiger partial charge < -0.3 is 9.84 Å². The number of ether oxygens (including phenoxy) is 1. The van der Waals surface area contributed by atoms with E-state index in [1.54, 1.807) is 6.20 Å². The molecular formula is C21H25ClN2O3. The van der Waals surface area contributed by atoms with Crippen molar-refractivity contribution in [2.45, 2.75) is 44.9 Å². The molecule has 0 aliphatic carbocycles. The van der Waals surface area contributed by atoms with Gasteiger partial charge in [-0.05, 0) is 61.1 Å². The van der Waals surface area contributed by atoms with Crippen LogP contribution < -0.4 is 0 Å². The molecule has 27 heavy (non-hydrogen) atoms. The number of hydrogen-bond donors (Lipinski definition) is 1. The standard InChI is InChI=1S/C21H25ClN2O3/c22-18-8-6-16(7-9-18)17-10-11-23-19(14-17)15-27-20-4-1-2-12-24(20)13-3-5-21(25)26/h6-11,14,20H,1-5,12-13,15H2,(H,25,26)/t20-/m0/s1. The van der Waals surface area contributed by atoms with Crippen LogP contribution >= 0.6 is 11.6 Å². The van der Waals surface area contributed by atoms with Gasteiger partial charge in [0, 0.05) is 30.7 Å². The Morgan fingerprint density at radius 3 is 2.81 bits per heavy atom. The van der Waals surface area contributed by atoms with E-state index in [0.29, 0.717) is 13.0 Å². The van der Waals surface area contributed by atoms with Gasteiger partial charge in [-0.2, -0.15) is 0 Å². The summed E-state index contributed by atoms with van der Waals surface area (Å²) in [7, 11) is 0. The monoisotopic (exact) mass is 388 g/mol. The van der Waals surface area contributed by atoms with Crippen molar-refractivity contribution in [3.8, 4) is 11.1 Å². The zero-order chi connectivity index (χ0) is 19.1. The van der Waals surface area contributed by atoms with E-state index in [4.69, 9.17) is 21.4 Å². The molecule has 5 nitrogen and oxygen atoms in total. The lowest BCUT2D eigenvalue weighted by Gasteiger charge is -2.35. The molecule has 144 valence electrons. The maximum Gasteiger partial charge on any atom is 0.303 e. The highest BCUT2D eigenvalue weighted by Gasteiger charge is 2.23. The molecule has 0 saturated carbocycles. The Balaban J connectivity index is 1.58. The highest BCUT2D eigenvalue weighted by molar-refractivity contribution is 6.30. The van der Waals surface area contributed by atoms with Crippen LogP contribution in [0.5, 0.6) is 0 Å². The molecule has 1 atom stereocenters. The molecule has 1 fully saturated rings. The lowest BCUT2D eigenvalue weighted by Crippen LogP contribution is -2.41. The number of carbonyl (C=O) groups is 1. The quantitative estimate of drug-likeness (QED) is 0.716. The number of rotatable bonds is 8. The largest absolute Gasteiger partial charge is 0.481 e. The molecule has 0 unspecified atom stereocenters. The van der Waals surface area contributed by atoms with Crippen LogP contribution in [0.1, 0.15) is 37.8 Å². The number of halogens is 1. The second kappa shape index (κ2) is 9.83. The number of benzene rings is 1. The van der Waals surface area contributed by atoms with Crippen molar-refractivity contribution in [2.24, 2.45) is 0 Å². The van der Waals surface area contributed by atoms with Crippen LogP contribution in [-0.4, -0.2) is 40.3 Å². The summed E-state index contributed by atoms with van der Waals surface area (Å²) >= 11 is 5.96. The van der Waals surface area contributed by atoms with Gasteiger partial charge in [0.15, 0.2) is 0 Å². The normalized spacial score (nSPS) is 17.7. The molecule has 0 spiro atoms. The van der Waals surface area contributed by atoms with E-state index in [1.165, 1.54) is 0 Å². The molecular weight excluding hydrogens is 364 g/mol. The van der Waals surface area contributed by atoms with E-state index in [2.05, 4.69) is 9.88 Å². The number of likely N-dealkylation sites (tertiary alicyclic amines) is 1. The number of carboxylic acid groups (broad SMARTS) is 1. The van der Waals surface area contributed by atoms with Crippen LogP contribution in [0.4, 0.5) is 0 Å². The summed E-state index contributed by atoms with van der Waals surface area (Å²) in [5.74, 6) is -0.743. The molecule has 1 saturated heterocycles. The molecule has 1 aliphatic rings. The Labute approximate surface area is 164 Å². The summed E-state index contributed by atoms with van der Waals surface area (Å²) in [6.45, 7) is 2.17. The maximum absolute atomic E-state index is 10.7. The predicted octanol–water partition coefficient (Wildman–Crippen LogP) is 4.60. The maximum atomic E-state index is 10.7. The fourth-order valence-electron chi connectivity index (χ4n) is 3.40. The van der Waals surface area contributed by atoms with Crippen LogP contribution in [0, 0.1) is 0 Å². The van der Waals surface area contributed by atoms with Gasteiger partial charge in [0.05, 0.1) is 12.3 Å². The number of aromatic nitrogens is 1. The summed E-state index contributed by atoms with van der Waals surface area (Å²) in [5, 5.41) is 9.55. The fourth-order valence-corrected chi connectivity index (χ4v) is 3.52. The number of nitrogens with zero attached hydrogens (tertiary/aromatic N) is 2. The minimum absolute atomic E-state index is 0.0357. The van der Waals surface area contributed by atoms with E-state index in [9.17, 15) is 4.79 Å². The van der Waals surface area contributed by atoms with E-state index in [-0.39, 0.29) is 12.6 Å². The van der Waals surface area contributed by atoms with E-state index < -0.39 is 5.97 Å². The van der Waals surface area contributed by atoms with E-state index in [1.807, 2.05) is 36.4 Å². The van der Waals surface area contributed by atoms with Crippen molar-refractivity contribution < 1.29 is 14.6 Å². The van der Waals surface area contributed by atoms with E-state index in [0.717, 1.165) is 54.2 Å². The Morgan fingerprint density at radius 2 is 2.04 bits per heavy atom. The number of pyridine rings is 1. The molecule has 0 bridgehead atoms. The van der Waals surface area contributed by atoms with Crippen molar-refractivity contribution in [1.29, 1.82) is 0 Å². The smallest absolute Gasteiger partial charge is 0.303 e. The van der Waals surface area contributed by atoms with Crippen molar-refractivity contribution in [3.63, 3.8) is 0 Å². The molecule has 1 aliphatic heterocycles. The lowest BCUT2D eigenvalue weighted by atomic mass is 10.1. The molecule has 2 heterocycles. The first-order chi connectivity index (χ1) is 13.1. The third-order valence-electron chi connectivity index (χ3n) is 4.81.